The second kappa shape index (κ2) is 8.07. The van der Waals surface area contributed by atoms with E-state index in [1.54, 1.807) is 18.2 Å². The Morgan fingerprint density at radius 2 is 2.04 bits per heavy atom. The largest absolute Gasteiger partial charge is 0.364 e. The van der Waals surface area contributed by atoms with Crippen LogP contribution in [-0.2, 0) is 17.8 Å². The van der Waals surface area contributed by atoms with Crippen molar-refractivity contribution in [2.24, 2.45) is 0 Å². The minimum absolute atomic E-state index is 0.0827. The first-order chi connectivity index (χ1) is 12.1. The maximum atomic E-state index is 13.9. The van der Waals surface area contributed by atoms with Gasteiger partial charge in [-0.25, -0.2) is 4.39 Å². The van der Waals surface area contributed by atoms with Crippen molar-refractivity contribution in [2.45, 2.75) is 19.4 Å². The number of carbonyl (C=O) groups excluding carboxylic acids is 1. The number of nitrogens with one attached hydrogen (secondary N) is 1. The third kappa shape index (κ3) is 4.54. The predicted octanol–water partition coefficient (Wildman–Crippen LogP) is 4.49. The normalized spacial score (nSPS) is 10.6. The number of rotatable bonds is 6. The molecule has 0 unspecified atom stereocenters. The number of aromatic nitrogens is 1. The Hall–Kier alpha value is -2.47. The number of amides is 1. The van der Waals surface area contributed by atoms with Crippen molar-refractivity contribution in [3.05, 3.63) is 76.2 Å². The summed E-state index contributed by atoms with van der Waals surface area (Å²) in [5.41, 5.74) is 2.54. The van der Waals surface area contributed by atoms with Crippen molar-refractivity contribution in [3.63, 3.8) is 0 Å². The summed E-state index contributed by atoms with van der Waals surface area (Å²) in [4.78, 5) is 12.1. The van der Waals surface area contributed by atoms with Crippen molar-refractivity contribution < 1.29 is 13.7 Å². The summed E-state index contributed by atoms with van der Waals surface area (Å²) >= 11 is 3.40. The predicted molar refractivity (Wildman–Crippen MR) is 96.2 cm³/mol. The topological polar surface area (TPSA) is 55.1 Å². The fraction of sp³-hybridized carbons (Fsp3) is 0.158. The molecule has 4 nitrogen and oxygen atoms in total. The van der Waals surface area contributed by atoms with Gasteiger partial charge in [-0.1, -0.05) is 45.4 Å². The molecule has 0 radical (unpaired) electrons. The molecule has 0 spiro atoms. The highest BCUT2D eigenvalue weighted by Gasteiger charge is 2.15. The number of hydrogen-bond acceptors (Lipinski definition) is 3. The van der Waals surface area contributed by atoms with Gasteiger partial charge in [0.15, 0.2) is 0 Å². The molecule has 128 valence electrons. The summed E-state index contributed by atoms with van der Waals surface area (Å²) in [7, 11) is 0. The minimum atomic E-state index is -0.364. The molecule has 0 atom stereocenters. The van der Waals surface area contributed by atoms with Crippen LogP contribution < -0.4 is 5.32 Å². The van der Waals surface area contributed by atoms with Crippen LogP contribution in [0.5, 0.6) is 0 Å². The number of nitrogens with zero attached hydrogens (tertiary/aromatic N) is 1. The molecule has 2 aromatic carbocycles. The number of aryl methyl sites for hydroxylation is 1. The molecule has 25 heavy (non-hydrogen) atoms. The maximum absolute atomic E-state index is 13.9. The third-order valence-corrected chi connectivity index (χ3v) is 4.27. The molecule has 6 heteroatoms. The van der Waals surface area contributed by atoms with E-state index in [0.717, 1.165) is 10.0 Å². The second-order valence-electron chi connectivity index (χ2n) is 5.57. The van der Waals surface area contributed by atoms with E-state index in [4.69, 9.17) is 4.52 Å². The van der Waals surface area contributed by atoms with Gasteiger partial charge < -0.3 is 9.84 Å². The van der Waals surface area contributed by atoms with Crippen LogP contribution >= 0.6 is 15.9 Å². The van der Waals surface area contributed by atoms with Crippen LogP contribution in [0.4, 0.5) is 4.39 Å². The molecule has 0 aliphatic heterocycles. The van der Waals surface area contributed by atoms with Crippen LogP contribution in [0.1, 0.15) is 17.5 Å². The van der Waals surface area contributed by atoms with Crippen LogP contribution in [0.2, 0.25) is 0 Å². The van der Waals surface area contributed by atoms with Gasteiger partial charge in [0.25, 0.3) is 0 Å². The van der Waals surface area contributed by atoms with E-state index in [-0.39, 0.29) is 18.1 Å². The van der Waals surface area contributed by atoms with Crippen LogP contribution in [0.15, 0.2) is 63.8 Å². The Morgan fingerprint density at radius 1 is 1.20 bits per heavy atom. The zero-order valence-corrected chi connectivity index (χ0v) is 14.9. The lowest BCUT2D eigenvalue weighted by atomic mass is 10.0. The Bertz CT molecular complexity index is 879. The first-order valence-corrected chi connectivity index (χ1v) is 8.62. The van der Waals surface area contributed by atoms with Crippen molar-refractivity contribution in [1.82, 2.24) is 10.5 Å². The monoisotopic (exact) mass is 402 g/mol. The molecular formula is C19H16BrFN2O2. The average Bonchev–Trinajstić information content (AvgIpc) is 3.07. The fourth-order valence-corrected chi connectivity index (χ4v) is 2.94. The summed E-state index contributed by atoms with van der Waals surface area (Å²) in [6.07, 6.45) is 2.16. The SMILES string of the molecule is O=C(CCc1conc1-c1ccccc1F)NCc1cccc(Br)c1. The van der Waals surface area contributed by atoms with Gasteiger partial charge in [0, 0.05) is 28.6 Å². The molecule has 0 aliphatic rings. The first-order valence-electron chi connectivity index (χ1n) is 7.83. The number of hydrogen-bond donors (Lipinski definition) is 1. The van der Waals surface area contributed by atoms with Crippen molar-refractivity contribution in [3.8, 4) is 11.3 Å². The number of carbonyl (C=O) groups is 1. The second-order valence-corrected chi connectivity index (χ2v) is 6.49. The molecule has 0 bridgehead atoms. The smallest absolute Gasteiger partial charge is 0.220 e. The third-order valence-electron chi connectivity index (χ3n) is 3.77. The molecular weight excluding hydrogens is 387 g/mol. The molecule has 1 N–H and O–H groups in total. The van der Waals surface area contributed by atoms with E-state index >= 15 is 0 Å². The van der Waals surface area contributed by atoms with Gasteiger partial charge in [-0.05, 0) is 36.2 Å². The Labute approximate surface area is 153 Å². The fourth-order valence-electron chi connectivity index (χ4n) is 2.49. The van der Waals surface area contributed by atoms with E-state index in [1.807, 2.05) is 24.3 Å². The lowest BCUT2D eigenvalue weighted by Crippen LogP contribution is -2.23. The van der Waals surface area contributed by atoms with Gasteiger partial charge in [0.2, 0.25) is 5.91 Å². The highest BCUT2D eigenvalue weighted by atomic mass is 79.9. The van der Waals surface area contributed by atoms with Gasteiger partial charge in [0.05, 0.1) is 0 Å². The van der Waals surface area contributed by atoms with Crippen LogP contribution in [-0.4, -0.2) is 11.1 Å². The summed E-state index contributed by atoms with van der Waals surface area (Å²) in [5.74, 6) is -0.447. The van der Waals surface area contributed by atoms with Gasteiger partial charge in [-0.2, -0.15) is 0 Å². The lowest BCUT2D eigenvalue weighted by Gasteiger charge is -2.06. The molecule has 0 fully saturated rings. The van der Waals surface area contributed by atoms with Crippen LogP contribution in [0.25, 0.3) is 11.3 Å². The van der Waals surface area contributed by atoms with E-state index < -0.39 is 0 Å². The molecule has 3 rings (SSSR count). The van der Waals surface area contributed by atoms with Gasteiger partial charge in [0.1, 0.15) is 17.8 Å². The zero-order chi connectivity index (χ0) is 17.6. The van der Waals surface area contributed by atoms with E-state index in [1.165, 1.54) is 12.3 Å². The van der Waals surface area contributed by atoms with E-state index in [9.17, 15) is 9.18 Å². The molecule has 0 aliphatic carbocycles. The van der Waals surface area contributed by atoms with Crippen molar-refractivity contribution >= 4 is 21.8 Å². The maximum Gasteiger partial charge on any atom is 0.220 e. The molecule has 1 amide bonds. The van der Waals surface area contributed by atoms with Crippen LogP contribution in [0, 0.1) is 5.82 Å². The number of halogens is 2. The van der Waals surface area contributed by atoms with Gasteiger partial charge in [-0.15, -0.1) is 0 Å². The lowest BCUT2D eigenvalue weighted by molar-refractivity contribution is -0.121. The Morgan fingerprint density at radius 3 is 2.84 bits per heavy atom. The molecule has 0 saturated heterocycles. The van der Waals surface area contributed by atoms with E-state index in [2.05, 4.69) is 26.4 Å². The molecule has 1 aromatic heterocycles. The highest BCUT2D eigenvalue weighted by Crippen LogP contribution is 2.25. The van der Waals surface area contributed by atoms with E-state index in [0.29, 0.717) is 29.8 Å². The summed E-state index contributed by atoms with van der Waals surface area (Å²) in [5, 5.41) is 6.75. The molecule has 3 aromatic rings. The Kier molecular flexibility index (Phi) is 5.60. The van der Waals surface area contributed by atoms with Crippen molar-refractivity contribution in [2.75, 3.05) is 0 Å². The summed E-state index contributed by atoms with van der Waals surface area (Å²) in [6, 6.07) is 14.1. The minimum Gasteiger partial charge on any atom is -0.364 e. The van der Waals surface area contributed by atoms with Gasteiger partial charge >= 0.3 is 0 Å². The summed E-state index contributed by atoms with van der Waals surface area (Å²) < 4.78 is 19.9. The van der Waals surface area contributed by atoms with Crippen LogP contribution in [0.3, 0.4) is 0 Å². The standard InChI is InChI=1S/C19H16BrFN2O2/c20-15-5-3-4-13(10-15)11-22-18(24)9-8-14-12-25-23-19(14)16-6-1-2-7-17(16)21/h1-7,10,12H,8-9,11H2,(H,22,24). The Balaban J connectivity index is 1.58. The van der Waals surface area contributed by atoms with Crippen molar-refractivity contribution in [1.29, 1.82) is 0 Å². The molecule has 1 heterocycles. The average molecular weight is 403 g/mol. The highest BCUT2D eigenvalue weighted by molar-refractivity contribution is 9.10. The quantitative estimate of drug-likeness (QED) is 0.660. The number of benzene rings is 2. The zero-order valence-electron chi connectivity index (χ0n) is 13.3. The first kappa shape index (κ1) is 17.4. The van der Waals surface area contributed by atoms with Gasteiger partial charge in [-0.3, -0.25) is 4.79 Å². The molecule has 0 saturated carbocycles. The summed E-state index contributed by atoms with van der Waals surface area (Å²) in [6.45, 7) is 0.460.